The van der Waals surface area contributed by atoms with Crippen LogP contribution in [0.3, 0.4) is 0 Å². The second-order valence-electron chi connectivity index (χ2n) is 3.63. The van der Waals surface area contributed by atoms with Gasteiger partial charge in [-0.1, -0.05) is 25.1 Å². The van der Waals surface area contributed by atoms with Gasteiger partial charge in [0.2, 0.25) is 0 Å². The summed E-state index contributed by atoms with van der Waals surface area (Å²) < 4.78 is 0. The SMILES string of the molecule is CCCNC(=O)Nc1c[nH]c2ccccc12. The van der Waals surface area contributed by atoms with Crippen molar-refractivity contribution in [2.24, 2.45) is 0 Å². The number of hydrogen-bond donors (Lipinski definition) is 3. The van der Waals surface area contributed by atoms with Gasteiger partial charge in [-0.25, -0.2) is 4.79 Å². The number of benzene rings is 1. The number of aromatic nitrogens is 1. The number of nitrogens with one attached hydrogen (secondary N) is 3. The Morgan fingerprint density at radius 2 is 2.19 bits per heavy atom. The number of para-hydroxylation sites is 1. The number of hydrogen-bond acceptors (Lipinski definition) is 1. The molecule has 0 unspecified atom stereocenters. The summed E-state index contributed by atoms with van der Waals surface area (Å²) in [6.07, 6.45) is 2.73. The Morgan fingerprint density at radius 1 is 1.38 bits per heavy atom. The molecule has 3 N–H and O–H groups in total. The van der Waals surface area contributed by atoms with Gasteiger partial charge in [0, 0.05) is 23.6 Å². The number of rotatable bonds is 3. The number of carbonyl (C=O) groups is 1. The molecule has 0 atom stereocenters. The fourth-order valence-corrected chi connectivity index (χ4v) is 1.58. The van der Waals surface area contributed by atoms with Gasteiger partial charge >= 0.3 is 6.03 Å². The minimum Gasteiger partial charge on any atom is -0.359 e. The molecule has 0 spiro atoms. The predicted molar refractivity (Wildman–Crippen MR) is 65.6 cm³/mol. The first-order valence-electron chi connectivity index (χ1n) is 5.42. The third kappa shape index (κ3) is 2.16. The average Bonchev–Trinajstić information content (AvgIpc) is 2.70. The molecule has 1 aromatic heterocycles. The number of amides is 2. The topological polar surface area (TPSA) is 56.9 Å². The van der Waals surface area contributed by atoms with Crippen LogP contribution in [0.1, 0.15) is 13.3 Å². The van der Waals surface area contributed by atoms with Crippen LogP contribution in [0.15, 0.2) is 30.5 Å². The van der Waals surface area contributed by atoms with Crippen LogP contribution in [0, 0.1) is 0 Å². The standard InChI is InChI=1S/C12H15N3O/c1-2-7-13-12(16)15-11-8-14-10-6-4-3-5-9(10)11/h3-6,8,14H,2,7H2,1H3,(H2,13,15,16). The highest BCUT2D eigenvalue weighted by Crippen LogP contribution is 2.22. The van der Waals surface area contributed by atoms with Crippen molar-refractivity contribution >= 4 is 22.6 Å². The Bertz CT molecular complexity index is 490. The van der Waals surface area contributed by atoms with Gasteiger partial charge in [-0.05, 0) is 12.5 Å². The molecule has 0 aliphatic carbocycles. The smallest absolute Gasteiger partial charge is 0.319 e. The van der Waals surface area contributed by atoms with Crippen molar-refractivity contribution in [3.8, 4) is 0 Å². The number of fused-ring (bicyclic) bond motifs is 1. The fraction of sp³-hybridized carbons (Fsp3) is 0.250. The molecule has 2 rings (SSSR count). The monoisotopic (exact) mass is 217 g/mol. The Morgan fingerprint density at radius 3 is 3.00 bits per heavy atom. The summed E-state index contributed by atoms with van der Waals surface area (Å²) >= 11 is 0. The van der Waals surface area contributed by atoms with Crippen molar-refractivity contribution in [1.82, 2.24) is 10.3 Å². The molecule has 1 heterocycles. The predicted octanol–water partition coefficient (Wildman–Crippen LogP) is 2.70. The molecule has 0 bridgehead atoms. The first kappa shape index (κ1) is 10.5. The van der Waals surface area contributed by atoms with E-state index in [0.717, 1.165) is 23.0 Å². The zero-order valence-electron chi connectivity index (χ0n) is 9.21. The van der Waals surface area contributed by atoms with Crippen LogP contribution < -0.4 is 10.6 Å². The lowest BCUT2D eigenvalue weighted by atomic mass is 10.2. The summed E-state index contributed by atoms with van der Waals surface area (Å²) in [7, 11) is 0. The molecular weight excluding hydrogens is 202 g/mol. The van der Waals surface area contributed by atoms with Gasteiger partial charge in [0.05, 0.1) is 5.69 Å². The van der Waals surface area contributed by atoms with Crippen LogP contribution in [0.5, 0.6) is 0 Å². The van der Waals surface area contributed by atoms with E-state index in [1.165, 1.54) is 0 Å². The van der Waals surface area contributed by atoms with E-state index in [-0.39, 0.29) is 6.03 Å². The molecule has 0 saturated carbocycles. The highest BCUT2D eigenvalue weighted by atomic mass is 16.2. The Kier molecular flexibility index (Phi) is 3.10. The van der Waals surface area contributed by atoms with Crippen molar-refractivity contribution in [2.75, 3.05) is 11.9 Å². The number of H-pyrrole nitrogens is 1. The Balaban J connectivity index is 2.12. The fourth-order valence-electron chi connectivity index (χ4n) is 1.58. The van der Waals surface area contributed by atoms with E-state index in [1.807, 2.05) is 31.2 Å². The second kappa shape index (κ2) is 4.70. The quantitative estimate of drug-likeness (QED) is 0.727. The van der Waals surface area contributed by atoms with E-state index < -0.39 is 0 Å². The minimum absolute atomic E-state index is 0.161. The zero-order valence-corrected chi connectivity index (χ0v) is 9.21. The van der Waals surface area contributed by atoms with Crippen molar-refractivity contribution in [1.29, 1.82) is 0 Å². The molecule has 0 aliphatic heterocycles. The lowest BCUT2D eigenvalue weighted by molar-refractivity contribution is 0.252. The van der Waals surface area contributed by atoms with Gasteiger partial charge in [0.25, 0.3) is 0 Å². The van der Waals surface area contributed by atoms with E-state index in [9.17, 15) is 4.79 Å². The van der Waals surface area contributed by atoms with Crippen LogP contribution in [0.4, 0.5) is 10.5 Å². The Labute approximate surface area is 94.0 Å². The highest BCUT2D eigenvalue weighted by molar-refractivity contribution is 6.00. The normalized spacial score (nSPS) is 10.3. The minimum atomic E-state index is -0.161. The molecule has 1 aromatic carbocycles. The maximum absolute atomic E-state index is 11.5. The van der Waals surface area contributed by atoms with E-state index in [4.69, 9.17) is 0 Å². The summed E-state index contributed by atoms with van der Waals surface area (Å²) in [5, 5.41) is 6.61. The number of urea groups is 1. The summed E-state index contributed by atoms with van der Waals surface area (Å²) in [4.78, 5) is 14.6. The highest BCUT2D eigenvalue weighted by Gasteiger charge is 2.05. The first-order chi connectivity index (χ1) is 7.81. The van der Waals surface area contributed by atoms with Crippen LogP contribution >= 0.6 is 0 Å². The molecule has 16 heavy (non-hydrogen) atoms. The van der Waals surface area contributed by atoms with Gasteiger partial charge in [0.15, 0.2) is 0 Å². The third-order valence-electron chi connectivity index (χ3n) is 2.37. The maximum Gasteiger partial charge on any atom is 0.319 e. The first-order valence-corrected chi connectivity index (χ1v) is 5.42. The summed E-state index contributed by atoms with van der Waals surface area (Å²) in [6, 6.07) is 7.70. The van der Waals surface area contributed by atoms with Crippen LogP contribution in [-0.4, -0.2) is 17.6 Å². The van der Waals surface area contributed by atoms with Crippen molar-refractivity contribution < 1.29 is 4.79 Å². The zero-order chi connectivity index (χ0) is 11.4. The summed E-state index contributed by atoms with van der Waals surface area (Å²) in [5.41, 5.74) is 1.83. The number of anilines is 1. The largest absolute Gasteiger partial charge is 0.359 e. The summed E-state index contributed by atoms with van der Waals surface area (Å²) in [6.45, 7) is 2.71. The van der Waals surface area contributed by atoms with E-state index in [2.05, 4.69) is 15.6 Å². The molecule has 4 nitrogen and oxygen atoms in total. The average molecular weight is 217 g/mol. The Hall–Kier alpha value is -1.97. The molecule has 2 aromatic rings. The molecular formula is C12H15N3O. The van der Waals surface area contributed by atoms with Crippen LogP contribution in [0.25, 0.3) is 10.9 Å². The van der Waals surface area contributed by atoms with Crippen molar-refractivity contribution in [3.05, 3.63) is 30.5 Å². The van der Waals surface area contributed by atoms with Crippen LogP contribution in [0.2, 0.25) is 0 Å². The van der Waals surface area contributed by atoms with E-state index in [0.29, 0.717) is 6.54 Å². The van der Waals surface area contributed by atoms with Gasteiger partial charge < -0.3 is 15.6 Å². The molecule has 0 aliphatic rings. The van der Waals surface area contributed by atoms with Gasteiger partial charge in [-0.2, -0.15) is 0 Å². The van der Waals surface area contributed by atoms with Gasteiger partial charge in [-0.3, -0.25) is 0 Å². The van der Waals surface area contributed by atoms with Gasteiger partial charge in [-0.15, -0.1) is 0 Å². The van der Waals surface area contributed by atoms with Gasteiger partial charge in [0.1, 0.15) is 0 Å². The van der Waals surface area contributed by atoms with E-state index >= 15 is 0 Å². The lowest BCUT2D eigenvalue weighted by Crippen LogP contribution is -2.29. The number of aromatic amines is 1. The summed E-state index contributed by atoms with van der Waals surface area (Å²) in [5.74, 6) is 0. The lowest BCUT2D eigenvalue weighted by Gasteiger charge is -2.04. The molecule has 84 valence electrons. The molecule has 0 fully saturated rings. The number of carbonyl (C=O) groups excluding carboxylic acids is 1. The molecule has 4 heteroatoms. The maximum atomic E-state index is 11.5. The van der Waals surface area contributed by atoms with Crippen molar-refractivity contribution in [2.45, 2.75) is 13.3 Å². The molecule has 0 saturated heterocycles. The van der Waals surface area contributed by atoms with Crippen molar-refractivity contribution in [3.63, 3.8) is 0 Å². The molecule has 0 radical (unpaired) electrons. The third-order valence-corrected chi connectivity index (χ3v) is 2.37. The molecule has 2 amide bonds. The van der Waals surface area contributed by atoms with E-state index in [1.54, 1.807) is 6.20 Å². The second-order valence-corrected chi connectivity index (χ2v) is 3.63. The van der Waals surface area contributed by atoms with Crippen LogP contribution in [-0.2, 0) is 0 Å².